The van der Waals surface area contributed by atoms with Crippen LogP contribution in [0.1, 0.15) is 5.56 Å². The van der Waals surface area contributed by atoms with Crippen molar-refractivity contribution in [1.82, 2.24) is 39.9 Å². The van der Waals surface area contributed by atoms with Crippen LogP contribution in [0.2, 0.25) is 0 Å². The third-order valence-electron chi connectivity index (χ3n) is 8.92. The topological polar surface area (TPSA) is 349 Å². The molecule has 4 aromatic carbocycles. The molecule has 7 aromatic rings. The summed E-state index contributed by atoms with van der Waals surface area (Å²) in [5.41, 5.74) is 0.638. The number of fused-ring (bicyclic) bond motifs is 20. The summed E-state index contributed by atoms with van der Waals surface area (Å²) in [6, 6.07) is 14.7. The molecular formula is C35H16GaN8Na4O12S3-2. The Labute approximate surface area is 457 Å². The van der Waals surface area contributed by atoms with E-state index in [1.54, 1.807) is 18.2 Å². The number of aromatic nitrogens is 8. The van der Waals surface area contributed by atoms with Gasteiger partial charge in [0.25, 0.3) is 0 Å². The molecule has 3 radical (unpaired) electrons. The van der Waals surface area contributed by atoms with Crippen LogP contribution in [-0.2, 0) is 35.1 Å². The van der Waals surface area contributed by atoms with E-state index in [1.165, 1.54) is 24.3 Å². The van der Waals surface area contributed by atoms with Gasteiger partial charge in [-0.2, -0.15) is 0 Å². The van der Waals surface area contributed by atoms with E-state index in [2.05, 4.69) is 39.9 Å². The normalized spacial score (nSPS) is 11.7. The van der Waals surface area contributed by atoms with Crippen molar-refractivity contribution in [2.45, 2.75) is 14.7 Å². The van der Waals surface area contributed by atoms with Gasteiger partial charge in [0.2, 0.25) is 0 Å². The Morgan fingerprint density at radius 3 is 1.24 bits per heavy atom. The van der Waals surface area contributed by atoms with Crippen LogP contribution >= 0.6 is 0 Å². The molecule has 0 saturated carbocycles. The molecule has 3 aromatic heterocycles. The monoisotopic (exact) mass is 997 g/mol. The average Bonchev–Trinajstić information content (AvgIpc) is 3.87. The van der Waals surface area contributed by atoms with Crippen LogP contribution in [0.15, 0.2) is 93.6 Å². The molecule has 2 aliphatic rings. The minimum atomic E-state index is -5.00. The van der Waals surface area contributed by atoms with Gasteiger partial charge in [-0.3, -0.25) is 0 Å². The third-order valence-corrected chi connectivity index (χ3v) is 11.4. The van der Waals surface area contributed by atoms with Gasteiger partial charge in [-0.25, -0.2) is 35.2 Å². The van der Waals surface area contributed by atoms with Gasteiger partial charge in [0.05, 0.1) is 44.0 Å². The Morgan fingerprint density at radius 1 is 0.476 bits per heavy atom. The minimum absolute atomic E-state index is 0. The molecule has 2 aliphatic heterocycles. The van der Waals surface area contributed by atoms with Crippen molar-refractivity contribution in [3.63, 3.8) is 0 Å². The second-order valence-corrected chi connectivity index (χ2v) is 16.6. The summed E-state index contributed by atoms with van der Waals surface area (Å²) in [7, 11) is -15.0. The van der Waals surface area contributed by atoms with Gasteiger partial charge in [0, 0.05) is 64.6 Å². The molecular weight excluding hydrogens is 982 g/mol. The molecule has 0 atom stereocenters. The SMILES string of the molecule is O.O=C([O-])/C=C/c1ccc2c(c1)-c1nc-2nc2[n-]c(nc3nc(nc4[n-]c(n1)c1ccc(S(=O)(=O)[O-])cc41)-c1ccc(S(=O)(=O)[O-])cc1-3)c1ccc(S(=O)(=O)[O-])cc21.[Ga].[Na+].[Na+].[Na+].[Na+]. The fraction of sp³-hybridized carbons (Fsp3) is 0. The van der Waals surface area contributed by atoms with Gasteiger partial charge in [0.15, 0.2) is 0 Å². The van der Waals surface area contributed by atoms with Crippen LogP contribution in [0.25, 0.3) is 95.8 Å². The Morgan fingerprint density at radius 2 is 0.825 bits per heavy atom. The van der Waals surface area contributed by atoms with Crippen LogP contribution in [0.3, 0.4) is 0 Å². The molecule has 5 heterocycles. The molecule has 0 fully saturated rings. The summed E-state index contributed by atoms with van der Waals surface area (Å²) >= 11 is 0. The van der Waals surface area contributed by atoms with Gasteiger partial charge >= 0.3 is 118 Å². The van der Waals surface area contributed by atoms with E-state index >= 15 is 0 Å². The molecule has 0 saturated heterocycles. The van der Waals surface area contributed by atoms with E-state index in [-0.39, 0.29) is 222 Å². The van der Waals surface area contributed by atoms with Crippen LogP contribution in [0.5, 0.6) is 0 Å². The predicted molar refractivity (Wildman–Crippen MR) is 201 cm³/mol. The molecule has 63 heavy (non-hydrogen) atoms. The first kappa shape index (κ1) is 55.1. The van der Waals surface area contributed by atoms with Gasteiger partial charge in [-0.05, 0) is 75.6 Å². The van der Waals surface area contributed by atoms with E-state index < -0.39 is 51.0 Å². The van der Waals surface area contributed by atoms with Gasteiger partial charge < -0.3 is 58.9 Å². The van der Waals surface area contributed by atoms with E-state index in [9.17, 15) is 48.8 Å². The van der Waals surface area contributed by atoms with Crippen molar-refractivity contribution in [3.05, 3.63) is 84.4 Å². The zero-order chi connectivity index (χ0) is 40.2. The molecule has 20 nitrogen and oxygen atoms in total. The number of hydrogen-bond acceptors (Lipinski definition) is 17. The first-order valence-corrected chi connectivity index (χ1v) is 20.2. The van der Waals surface area contributed by atoms with Crippen LogP contribution < -0.4 is 133 Å². The number of carboxylic acids is 1. The van der Waals surface area contributed by atoms with Crippen molar-refractivity contribution in [1.29, 1.82) is 0 Å². The maximum atomic E-state index is 12.1. The maximum absolute atomic E-state index is 12.1. The molecule has 295 valence electrons. The van der Waals surface area contributed by atoms with Crippen LogP contribution in [-0.4, -0.2) is 100 Å². The smallest absolute Gasteiger partial charge is 0.744 e. The molecule has 8 bridgehead atoms. The molecule has 0 aliphatic carbocycles. The van der Waals surface area contributed by atoms with Crippen molar-refractivity contribution in [2.24, 2.45) is 0 Å². The quantitative estimate of drug-likeness (QED) is 0.0878. The maximum Gasteiger partial charge on any atom is 1.00 e. The predicted octanol–water partition coefficient (Wildman–Crippen LogP) is -11.6. The number of rotatable bonds is 5. The standard InChI is InChI=1S/C35H19N8O11S3.Ga.4Na.H2O/c44-27(45)10-2-15-1-6-19-23(11-15)32-36-28(19)38-33-25-13-17(56(49,50)51)4-8-21(25)30(40-33)42-35-26-14-18(57(52,53)54)5-9-22(26)31(43-35)41-34-24-12-16(55(46,47)48)3-7-20(24)29(37-32)39-34;;;;;;/h1-14H,(H5-,36,37,38,39,40,41,42,43,44,45,46,47,48,49,50,51,52,53,54);;;;;;1H2/q-1;;4*+1;/p-5/b10-2+;;;;;;. The first-order chi connectivity index (χ1) is 26.9. The number of benzene rings is 4. The zero-order valence-corrected chi connectivity index (χ0v) is 45.8. The van der Waals surface area contributed by atoms with Crippen molar-refractivity contribution in [2.75, 3.05) is 0 Å². The minimum Gasteiger partial charge on any atom is -0.744 e. The second kappa shape index (κ2) is 20.3. The van der Waals surface area contributed by atoms with E-state index in [1.807, 2.05) is 0 Å². The van der Waals surface area contributed by atoms with Crippen molar-refractivity contribution < 1.29 is 173 Å². The van der Waals surface area contributed by atoms with Gasteiger partial charge in [-0.15, -0.1) is 0 Å². The van der Waals surface area contributed by atoms with E-state index in [4.69, 9.17) is 0 Å². The van der Waals surface area contributed by atoms with Gasteiger partial charge in [0.1, 0.15) is 30.4 Å². The van der Waals surface area contributed by atoms with Crippen LogP contribution in [0, 0.1) is 0 Å². The number of hydrogen-bond donors (Lipinski definition) is 0. The molecule has 0 amide bonds. The summed E-state index contributed by atoms with van der Waals surface area (Å²) < 4.78 is 109. The third kappa shape index (κ3) is 10.7. The Hall–Kier alpha value is -2.22. The Kier molecular flexibility index (Phi) is 17.8. The van der Waals surface area contributed by atoms with E-state index in [0.29, 0.717) is 16.7 Å². The van der Waals surface area contributed by atoms with Crippen molar-refractivity contribution in [3.8, 4) is 45.6 Å². The number of carbonyl (C=O) groups is 1. The number of carboxylic acid groups (broad SMARTS) is 1. The molecule has 28 heteroatoms. The molecule has 0 spiro atoms. The zero-order valence-electron chi connectivity index (χ0n) is 33.0. The summed E-state index contributed by atoms with van der Waals surface area (Å²) in [6.07, 6.45) is 2.07. The molecule has 2 N–H and O–H groups in total. The summed E-state index contributed by atoms with van der Waals surface area (Å²) in [5, 5.41) is 11.6. The number of nitrogens with zero attached hydrogens (tertiary/aromatic N) is 8. The number of aliphatic carboxylic acids is 1. The molecule has 0 unspecified atom stereocenters. The first-order valence-electron chi connectivity index (χ1n) is 16.0. The Bertz CT molecular complexity index is 3540. The van der Waals surface area contributed by atoms with Crippen LogP contribution in [0.4, 0.5) is 0 Å². The average molecular weight is 998 g/mol. The fourth-order valence-corrected chi connectivity index (χ4v) is 7.84. The Balaban J connectivity index is 0.00000176. The van der Waals surface area contributed by atoms with Crippen molar-refractivity contribution >= 4 is 106 Å². The fourth-order valence-electron chi connectivity index (χ4n) is 6.35. The second-order valence-electron chi connectivity index (χ2n) is 12.4. The summed E-state index contributed by atoms with van der Waals surface area (Å²) in [4.78, 5) is 45.8. The largest absolute Gasteiger partial charge is 1.00 e. The van der Waals surface area contributed by atoms with E-state index in [0.717, 1.165) is 42.5 Å². The van der Waals surface area contributed by atoms with Gasteiger partial charge in [-0.1, -0.05) is 36.4 Å². The number of carbonyl (C=O) groups excluding carboxylic acids is 1. The molecule has 9 rings (SSSR count). The summed E-state index contributed by atoms with van der Waals surface area (Å²) in [6.45, 7) is 0. The summed E-state index contributed by atoms with van der Waals surface area (Å²) in [5.74, 6) is -1.87.